The van der Waals surface area contributed by atoms with Crippen LogP contribution in [0.1, 0.15) is 11.1 Å². The lowest BCUT2D eigenvalue weighted by molar-refractivity contribution is -0.161. The predicted octanol–water partition coefficient (Wildman–Crippen LogP) is 3.60. The lowest BCUT2D eigenvalue weighted by Crippen LogP contribution is -2.16. The highest BCUT2D eigenvalue weighted by molar-refractivity contribution is 5.77. The van der Waals surface area contributed by atoms with Crippen LogP contribution in [0.25, 0.3) is 11.0 Å². The van der Waals surface area contributed by atoms with E-state index in [0.29, 0.717) is 12.1 Å². The van der Waals surface area contributed by atoms with E-state index in [1.807, 2.05) is 0 Å². The average Bonchev–Trinajstić information content (AvgIpc) is 2.59. The molecule has 0 spiro atoms. The van der Waals surface area contributed by atoms with Gasteiger partial charge in [0.15, 0.2) is 0 Å². The fourth-order valence-corrected chi connectivity index (χ4v) is 1.45. The molecule has 1 aromatic carbocycles. The Kier molecular flexibility index (Phi) is 2.33. The highest BCUT2D eigenvalue weighted by Crippen LogP contribution is 2.41. The number of halogens is 6. The third-order valence-corrected chi connectivity index (χ3v) is 2.17. The number of rotatable bonds is 0. The van der Waals surface area contributed by atoms with Crippen LogP contribution in [0.3, 0.4) is 0 Å². The van der Waals surface area contributed by atoms with Gasteiger partial charge in [-0.25, -0.2) is 4.98 Å². The summed E-state index contributed by atoms with van der Waals surface area (Å²) in [6, 6.07) is 0.791. The Labute approximate surface area is 90.3 Å². The molecule has 0 bridgehead atoms. The molecule has 0 fully saturated rings. The average molecular weight is 254 g/mol. The summed E-state index contributed by atoms with van der Waals surface area (Å²) in [6.07, 6.45) is -9.10. The highest BCUT2D eigenvalue weighted by Gasteiger charge is 2.43. The number of imidazole rings is 1. The molecule has 1 heterocycles. The van der Waals surface area contributed by atoms with E-state index in [4.69, 9.17) is 0 Å². The summed E-state index contributed by atoms with van der Waals surface area (Å²) < 4.78 is 74.9. The van der Waals surface area contributed by atoms with Gasteiger partial charge in [0.1, 0.15) is 0 Å². The maximum Gasteiger partial charge on any atom is 0.417 e. The van der Waals surface area contributed by atoms with Crippen molar-refractivity contribution < 1.29 is 26.3 Å². The Morgan fingerprint density at radius 1 is 0.882 bits per heavy atom. The molecule has 2 aromatic rings. The van der Waals surface area contributed by atoms with E-state index >= 15 is 0 Å². The Balaban J connectivity index is 2.78. The van der Waals surface area contributed by atoms with Crippen molar-refractivity contribution in [3.05, 3.63) is 29.6 Å². The maximum atomic E-state index is 12.5. The molecule has 0 saturated carbocycles. The van der Waals surface area contributed by atoms with Crippen molar-refractivity contribution in [1.82, 2.24) is 9.97 Å². The quantitative estimate of drug-likeness (QED) is 0.715. The molecular weight excluding hydrogens is 250 g/mol. The van der Waals surface area contributed by atoms with Crippen molar-refractivity contribution in [2.45, 2.75) is 12.4 Å². The number of nitrogens with zero attached hydrogens (tertiary/aromatic N) is 1. The molecule has 2 rings (SSSR count). The number of fused-ring (bicyclic) bond motifs is 1. The Morgan fingerprint density at radius 2 is 1.41 bits per heavy atom. The number of alkyl halides is 6. The summed E-state index contributed by atoms with van der Waals surface area (Å²) in [6.45, 7) is 0. The van der Waals surface area contributed by atoms with E-state index in [9.17, 15) is 26.3 Å². The molecule has 1 aromatic heterocycles. The topological polar surface area (TPSA) is 28.7 Å². The van der Waals surface area contributed by atoms with Gasteiger partial charge in [0, 0.05) is 0 Å². The van der Waals surface area contributed by atoms with Crippen LogP contribution in [0, 0.1) is 0 Å². The molecule has 0 atom stereocenters. The van der Waals surface area contributed by atoms with Gasteiger partial charge in [0.2, 0.25) is 0 Å². The summed E-state index contributed by atoms with van der Waals surface area (Å²) in [7, 11) is 0. The molecule has 1 N–H and O–H groups in total. The van der Waals surface area contributed by atoms with E-state index in [1.54, 1.807) is 0 Å². The number of hydrogen-bond donors (Lipinski definition) is 1. The fraction of sp³-hybridized carbons (Fsp3) is 0.222. The van der Waals surface area contributed by atoms with Crippen molar-refractivity contribution in [3.8, 4) is 0 Å². The van der Waals surface area contributed by atoms with Gasteiger partial charge in [-0.3, -0.25) is 0 Å². The molecule has 8 heteroatoms. The van der Waals surface area contributed by atoms with Crippen LogP contribution < -0.4 is 0 Å². The third-order valence-electron chi connectivity index (χ3n) is 2.17. The number of hydrogen-bond acceptors (Lipinski definition) is 1. The van der Waals surface area contributed by atoms with E-state index in [0.717, 1.165) is 6.33 Å². The van der Waals surface area contributed by atoms with Crippen molar-refractivity contribution >= 4 is 11.0 Å². The first-order valence-corrected chi connectivity index (χ1v) is 4.31. The summed E-state index contributed by atoms with van der Waals surface area (Å²) in [4.78, 5) is 5.83. The molecule has 0 aliphatic carbocycles. The van der Waals surface area contributed by atoms with Crippen molar-refractivity contribution in [3.63, 3.8) is 0 Å². The minimum absolute atomic E-state index is 0.0923. The largest absolute Gasteiger partial charge is 0.417 e. The zero-order chi connectivity index (χ0) is 12.8. The molecule has 17 heavy (non-hydrogen) atoms. The molecule has 0 unspecified atom stereocenters. The van der Waals surface area contributed by atoms with Crippen LogP contribution in [0.4, 0.5) is 26.3 Å². The number of aromatic amines is 1. The van der Waals surface area contributed by atoms with E-state index in [2.05, 4.69) is 9.97 Å². The van der Waals surface area contributed by atoms with Crippen molar-refractivity contribution in [2.75, 3.05) is 0 Å². The Hall–Kier alpha value is -1.73. The van der Waals surface area contributed by atoms with E-state index in [-0.39, 0.29) is 11.0 Å². The van der Waals surface area contributed by atoms with Crippen LogP contribution >= 0.6 is 0 Å². The second-order valence-electron chi connectivity index (χ2n) is 3.31. The minimum Gasteiger partial charge on any atom is -0.345 e. The molecule has 0 amide bonds. The maximum absolute atomic E-state index is 12.5. The third kappa shape index (κ3) is 2.06. The number of benzene rings is 1. The van der Waals surface area contributed by atoms with Crippen molar-refractivity contribution in [2.24, 2.45) is 0 Å². The van der Waals surface area contributed by atoms with Crippen LogP contribution in [0.15, 0.2) is 18.5 Å². The second-order valence-corrected chi connectivity index (χ2v) is 3.31. The van der Waals surface area contributed by atoms with Gasteiger partial charge >= 0.3 is 12.4 Å². The molecule has 0 aliphatic rings. The standard InChI is InChI=1S/C9H4F6N2/c10-8(11,12)4-1-6-7(17-3-16-6)2-5(4)9(13,14)15/h1-3H,(H,16,17). The first-order chi connectivity index (χ1) is 7.69. The van der Waals surface area contributed by atoms with E-state index < -0.39 is 23.5 Å². The molecular formula is C9H4F6N2. The van der Waals surface area contributed by atoms with Crippen LogP contribution in [-0.2, 0) is 12.4 Å². The van der Waals surface area contributed by atoms with Gasteiger partial charge in [0.05, 0.1) is 28.5 Å². The van der Waals surface area contributed by atoms with Crippen LogP contribution in [-0.4, -0.2) is 9.97 Å². The lowest BCUT2D eigenvalue weighted by atomic mass is 10.1. The monoisotopic (exact) mass is 254 g/mol. The molecule has 0 radical (unpaired) electrons. The number of H-pyrrole nitrogens is 1. The minimum atomic E-state index is -5.07. The first kappa shape index (κ1) is 11.7. The van der Waals surface area contributed by atoms with E-state index in [1.165, 1.54) is 0 Å². The van der Waals surface area contributed by atoms with Crippen LogP contribution in [0.2, 0.25) is 0 Å². The summed E-state index contributed by atoms with van der Waals surface area (Å²) in [5.41, 5.74) is -3.71. The second kappa shape index (κ2) is 3.38. The molecule has 0 saturated heterocycles. The Bertz CT molecular complexity index is 503. The van der Waals surface area contributed by atoms with Gasteiger partial charge < -0.3 is 4.98 Å². The van der Waals surface area contributed by atoms with Gasteiger partial charge in [-0.1, -0.05) is 0 Å². The van der Waals surface area contributed by atoms with Gasteiger partial charge in [-0.05, 0) is 12.1 Å². The lowest BCUT2D eigenvalue weighted by Gasteiger charge is -2.15. The highest BCUT2D eigenvalue weighted by atomic mass is 19.4. The first-order valence-electron chi connectivity index (χ1n) is 4.31. The Morgan fingerprint density at radius 3 is 1.94 bits per heavy atom. The summed E-state index contributed by atoms with van der Waals surface area (Å²) in [5, 5.41) is 0. The molecule has 0 aliphatic heterocycles. The summed E-state index contributed by atoms with van der Waals surface area (Å²) >= 11 is 0. The predicted molar refractivity (Wildman–Crippen MR) is 46.1 cm³/mol. The normalized spacial score (nSPS) is 13.3. The fourth-order valence-electron chi connectivity index (χ4n) is 1.45. The van der Waals surface area contributed by atoms with Gasteiger partial charge in [-0.2, -0.15) is 26.3 Å². The van der Waals surface area contributed by atoms with Crippen LogP contribution in [0.5, 0.6) is 0 Å². The smallest absolute Gasteiger partial charge is 0.345 e. The zero-order valence-corrected chi connectivity index (χ0v) is 7.95. The van der Waals surface area contributed by atoms with Crippen molar-refractivity contribution in [1.29, 1.82) is 0 Å². The number of aromatic nitrogens is 2. The summed E-state index contributed by atoms with van der Waals surface area (Å²) in [5.74, 6) is 0. The number of nitrogens with one attached hydrogen (secondary N) is 1. The van der Waals surface area contributed by atoms with Gasteiger partial charge in [0.25, 0.3) is 0 Å². The zero-order valence-electron chi connectivity index (χ0n) is 7.95. The molecule has 2 nitrogen and oxygen atoms in total. The van der Waals surface area contributed by atoms with Gasteiger partial charge in [-0.15, -0.1) is 0 Å². The molecule has 92 valence electrons. The SMILES string of the molecule is FC(F)(F)c1cc2nc[nH]c2cc1C(F)(F)F.